The van der Waals surface area contributed by atoms with Gasteiger partial charge in [0.15, 0.2) is 0 Å². The summed E-state index contributed by atoms with van der Waals surface area (Å²) in [5.41, 5.74) is 3.52. The molecule has 4 aromatic rings. The second-order valence-corrected chi connectivity index (χ2v) is 8.19. The summed E-state index contributed by atoms with van der Waals surface area (Å²) in [7, 11) is 1.37. The van der Waals surface area contributed by atoms with E-state index < -0.39 is 0 Å². The summed E-state index contributed by atoms with van der Waals surface area (Å²) < 4.78 is 10.4. The number of ether oxygens (including phenoxy) is 2. The minimum absolute atomic E-state index is 0.363. The standard InChI is InChI=1S/C24H23N3O3S/c1-5-30-19-12-8-16(9-13-19)20-14(2)31-23-21(20)22(25-15(3)26-23)27-18-10-6-17(7-11-18)24(28)29-4/h6-13H,5H2,1-4H3,(H,25,26,27). The Morgan fingerprint density at radius 3 is 2.39 bits per heavy atom. The number of thiophene rings is 1. The number of fused-ring (bicyclic) bond motifs is 1. The average Bonchev–Trinajstić information content (AvgIpc) is 3.10. The lowest BCUT2D eigenvalue weighted by Crippen LogP contribution is -2.02. The van der Waals surface area contributed by atoms with E-state index in [1.807, 2.05) is 38.1 Å². The Balaban J connectivity index is 1.77. The highest BCUT2D eigenvalue weighted by molar-refractivity contribution is 7.19. The predicted octanol–water partition coefficient (Wildman–Crippen LogP) is 5.90. The number of nitrogens with one attached hydrogen (secondary N) is 1. The molecule has 1 N–H and O–H groups in total. The lowest BCUT2D eigenvalue weighted by Gasteiger charge is -2.11. The van der Waals surface area contributed by atoms with Crippen molar-refractivity contribution >= 4 is 39.0 Å². The molecule has 6 nitrogen and oxygen atoms in total. The fourth-order valence-electron chi connectivity index (χ4n) is 3.48. The molecule has 4 rings (SSSR count). The van der Waals surface area contributed by atoms with E-state index in [-0.39, 0.29) is 5.97 Å². The number of hydrogen-bond donors (Lipinski definition) is 1. The second-order valence-electron chi connectivity index (χ2n) is 6.98. The highest BCUT2D eigenvalue weighted by Gasteiger charge is 2.18. The largest absolute Gasteiger partial charge is 0.494 e. The molecular weight excluding hydrogens is 410 g/mol. The molecule has 0 atom stereocenters. The predicted molar refractivity (Wildman–Crippen MR) is 125 cm³/mol. The van der Waals surface area contributed by atoms with Crippen LogP contribution >= 0.6 is 11.3 Å². The van der Waals surface area contributed by atoms with Crippen LogP contribution in [0.3, 0.4) is 0 Å². The topological polar surface area (TPSA) is 73.3 Å². The monoisotopic (exact) mass is 433 g/mol. The highest BCUT2D eigenvalue weighted by atomic mass is 32.1. The SMILES string of the molecule is CCOc1ccc(-c2c(C)sc3nc(C)nc(Nc4ccc(C(=O)OC)cc4)c23)cc1. The molecule has 0 bridgehead atoms. The molecule has 0 fully saturated rings. The van der Waals surface area contributed by atoms with Crippen LogP contribution in [-0.2, 0) is 4.74 Å². The van der Waals surface area contributed by atoms with E-state index in [4.69, 9.17) is 9.47 Å². The zero-order valence-corrected chi connectivity index (χ0v) is 18.7. The van der Waals surface area contributed by atoms with Gasteiger partial charge in [-0.3, -0.25) is 0 Å². The van der Waals surface area contributed by atoms with Crippen molar-refractivity contribution in [1.29, 1.82) is 0 Å². The normalized spacial score (nSPS) is 10.8. The van der Waals surface area contributed by atoms with Crippen LogP contribution in [0.1, 0.15) is 28.0 Å². The third kappa shape index (κ3) is 4.22. The van der Waals surface area contributed by atoms with Crippen LogP contribution in [0.4, 0.5) is 11.5 Å². The number of aryl methyl sites for hydroxylation is 2. The third-order valence-electron chi connectivity index (χ3n) is 4.86. The lowest BCUT2D eigenvalue weighted by atomic mass is 10.0. The van der Waals surface area contributed by atoms with Gasteiger partial charge in [-0.1, -0.05) is 12.1 Å². The van der Waals surface area contributed by atoms with Gasteiger partial charge in [-0.05, 0) is 62.7 Å². The summed E-state index contributed by atoms with van der Waals surface area (Å²) in [4.78, 5) is 23.2. The molecule has 0 radical (unpaired) electrons. The van der Waals surface area contributed by atoms with E-state index in [0.717, 1.165) is 38.6 Å². The van der Waals surface area contributed by atoms with Crippen molar-refractivity contribution < 1.29 is 14.3 Å². The number of methoxy groups -OCH3 is 1. The van der Waals surface area contributed by atoms with Gasteiger partial charge in [0.25, 0.3) is 0 Å². The first-order valence-corrected chi connectivity index (χ1v) is 10.8. The summed E-state index contributed by atoms with van der Waals surface area (Å²) in [5.74, 6) is 1.92. The molecule has 2 aromatic carbocycles. The smallest absolute Gasteiger partial charge is 0.337 e. The molecule has 2 aromatic heterocycles. The van der Waals surface area contributed by atoms with E-state index in [2.05, 4.69) is 34.3 Å². The Bertz CT molecular complexity index is 1230. The molecule has 0 saturated heterocycles. The molecule has 0 spiro atoms. The molecule has 7 heteroatoms. The zero-order chi connectivity index (χ0) is 22.0. The van der Waals surface area contributed by atoms with Gasteiger partial charge >= 0.3 is 5.97 Å². The number of carbonyl (C=O) groups excluding carboxylic acids is 1. The van der Waals surface area contributed by atoms with Gasteiger partial charge in [-0.25, -0.2) is 14.8 Å². The van der Waals surface area contributed by atoms with Crippen molar-refractivity contribution in [1.82, 2.24) is 9.97 Å². The van der Waals surface area contributed by atoms with Crippen molar-refractivity contribution in [3.63, 3.8) is 0 Å². The van der Waals surface area contributed by atoms with Crippen molar-refractivity contribution in [3.05, 3.63) is 64.8 Å². The number of carbonyl (C=O) groups is 1. The summed E-state index contributed by atoms with van der Waals surface area (Å²) in [6.45, 7) is 6.59. The summed E-state index contributed by atoms with van der Waals surface area (Å²) in [6.07, 6.45) is 0. The van der Waals surface area contributed by atoms with Gasteiger partial charge in [0.2, 0.25) is 0 Å². The second kappa shape index (κ2) is 8.73. The van der Waals surface area contributed by atoms with Crippen molar-refractivity contribution in [2.24, 2.45) is 0 Å². The van der Waals surface area contributed by atoms with Crippen LogP contribution in [0, 0.1) is 13.8 Å². The minimum atomic E-state index is -0.363. The average molecular weight is 434 g/mol. The lowest BCUT2D eigenvalue weighted by molar-refractivity contribution is 0.0601. The third-order valence-corrected chi connectivity index (χ3v) is 5.86. The number of anilines is 2. The number of esters is 1. The van der Waals surface area contributed by atoms with Crippen molar-refractivity contribution in [2.75, 3.05) is 19.0 Å². The molecule has 2 heterocycles. The summed E-state index contributed by atoms with van der Waals surface area (Å²) in [6, 6.07) is 15.2. The summed E-state index contributed by atoms with van der Waals surface area (Å²) >= 11 is 1.65. The van der Waals surface area contributed by atoms with Gasteiger partial charge in [0.05, 0.1) is 24.7 Å². The van der Waals surface area contributed by atoms with Crippen LogP contribution in [-0.4, -0.2) is 29.7 Å². The molecular formula is C24H23N3O3S. The van der Waals surface area contributed by atoms with Gasteiger partial charge in [-0.15, -0.1) is 11.3 Å². The fraction of sp³-hybridized carbons (Fsp3) is 0.208. The Kier molecular flexibility index (Phi) is 5.86. The van der Waals surface area contributed by atoms with Crippen LogP contribution in [0.15, 0.2) is 48.5 Å². The first-order chi connectivity index (χ1) is 15.0. The minimum Gasteiger partial charge on any atom is -0.494 e. The molecule has 0 amide bonds. The van der Waals surface area contributed by atoms with Gasteiger partial charge in [0.1, 0.15) is 22.2 Å². The Labute approximate surface area is 184 Å². The molecule has 0 saturated carbocycles. The Morgan fingerprint density at radius 1 is 1.03 bits per heavy atom. The maximum absolute atomic E-state index is 11.7. The number of benzene rings is 2. The van der Waals surface area contributed by atoms with Gasteiger partial charge < -0.3 is 14.8 Å². The number of aromatic nitrogens is 2. The first kappa shape index (κ1) is 20.8. The van der Waals surface area contributed by atoms with Crippen LogP contribution in [0.2, 0.25) is 0 Å². The van der Waals surface area contributed by atoms with E-state index in [9.17, 15) is 4.79 Å². The molecule has 0 unspecified atom stereocenters. The number of nitrogens with zero attached hydrogens (tertiary/aromatic N) is 2. The zero-order valence-electron chi connectivity index (χ0n) is 17.9. The summed E-state index contributed by atoms with van der Waals surface area (Å²) in [5, 5.41) is 4.39. The highest BCUT2D eigenvalue weighted by Crippen LogP contribution is 2.41. The molecule has 0 aliphatic carbocycles. The van der Waals surface area contributed by atoms with Crippen LogP contribution < -0.4 is 10.1 Å². The van der Waals surface area contributed by atoms with E-state index in [1.54, 1.807) is 23.5 Å². The number of rotatable bonds is 6. The Morgan fingerprint density at radius 2 is 1.74 bits per heavy atom. The Hall–Kier alpha value is -3.45. The van der Waals surface area contributed by atoms with Crippen LogP contribution in [0.25, 0.3) is 21.3 Å². The maximum Gasteiger partial charge on any atom is 0.337 e. The molecule has 158 valence electrons. The van der Waals surface area contributed by atoms with Gasteiger partial charge in [0, 0.05) is 16.1 Å². The maximum atomic E-state index is 11.7. The van der Waals surface area contributed by atoms with Crippen molar-refractivity contribution in [2.45, 2.75) is 20.8 Å². The van der Waals surface area contributed by atoms with E-state index in [1.165, 1.54) is 12.0 Å². The molecule has 0 aliphatic rings. The molecule has 0 aliphatic heterocycles. The van der Waals surface area contributed by atoms with E-state index in [0.29, 0.717) is 18.0 Å². The molecule has 31 heavy (non-hydrogen) atoms. The van der Waals surface area contributed by atoms with Gasteiger partial charge in [-0.2, -0.15) is 0 Å². The van der Waals surface area contributed by atoms with E-state index >= 15 is 0 Å². The van der Waals surface area contributed by atoms with Crippen molar-refractivity contribution in [3.8, 4) is 16.9 Å². The first-order valence-electron chi connectivity index (χ1n) is 9.96. The fourth-order valence-corrected chi connectivity index (χ4v) is 4.58. The number of hydrogen-bond acceptors (Lipinski definition) is 7. The quantitative estimate of drug-likeness (QED) is 0.381. The van der Waals surface area contributed by atoms with Crippen LogP contribution in [0.5, 0.6) is 5.75 Å².